The maximum Gasteiger partial charge on any atom is 0.303 e. The van der Waals surface area contributed by atoms with E-state index in [2.05, 4.69) is 0 Å². The maximum absolute atomic E-state index is 11.2. The van der Waals surface area contributed by atoms with E-state index in [1.807, 2.05) is 38.1 Å². The van der Waals surface area contributed by atoms with Gasteiger partial charge in [0, 0.05) is 25.4 Å². The van der Waals surface area contributed by atoms with Crippen LogP contribution in [0.25, 0.3) is 0 Å². The number of halogens is 3. The van der Waals surface area contributed by atoms with Gasteiger partial charge in [-0.25, -0.2) is 0 Å². The van der Waals surface area contributed by atoms with Crippen molar-refractivity contribution in [3.8, 4) is 11.5 Å². The Morgan fingerprint density at radius 3 is 2.08 bits per heavy atom. The summed E-state index contributed by atoms with van der Waals surface area (Å²) in [4.78, 5) is 22.2. The van der Waals surface area contributed by atoms with Crippen molar-refractivity contribution < 1.29 is 33.6 Å². The molecule has 2 atom stereocenters. The normalized spacial score (nSPS) is 13.1. The lowest BCUT2D eigenvalue weighted by molar-refractivity contribution is -0.146. The Morgan fingerprint density at radius 1 is 0.972 bits per heavy atom. The van der Waals surface area contributed by atoms with Gasteiger partial charge in [0.1, 0.15) is 18.5 Å². The minimum atomic E-state index is -0.894. The molecule has 2 rings (SSSR count). The molecule has 2 aromatic carbocycles. The van der Waals surface area contributed by atoms with Crippen LogP contribution in [0.5, 0.6) is 11.5 Å². The van der Waals surface area contributed by atoms with E-state index in [1.54, 1.807) is 12.1 Å². The van der Waals surface area contributed by atoms with E-state index in [9.17, 15) is 9.59 Å². The molecule has 10 heteroatoms. The number of carbonyl (C=O) groups is 2. The fraction of sp³-hybridized carbons (Fsp3) is 0.462. The minimum absolute atomic E-state index is 0.0183. The summed E-state index contributed by atoms with van der Waals surface area (Å²) in [6, 6.07) is 11.1. The summed E-state index contributed by atoms with van der Waals surface area (Å²) in [5, 5.41) is 9.68. The van der Waals surface area contributed by atoms with Crippen molar-refractivity contribution in [1.82, 2.24) is 0 Å². The van der Waals surface area contributed by atoms with Crippen molar-refractivity contribution in [1.29, 1.82) is 0 Å². The third-order valence-corrected chi connectivity index (χ3v) is 6.47. The van der Waals surface area contributed by atoms with Crippen LogP contribution in [0.15, 0.2) is 36.4 Å². The number of aliphatic carboxylic acids is 1. The van der Waals surface area contributed by atoms with Crippen LogP contribution >= 0.6 is 34.8 Å². The first kappa shape index (κ1) is 30.0. The van der Waals surface area contributed by atoms with Gasteiger partial charge in [0.15, 0.2) is 5.75 Å². The number of benzene rings is 2. The molecule has 0 saturated heterocycles. The number of ether oxygens (including phenoxy) is 4. The van der Waals surface area contributed by atoms with Crippen LogP contribution in [-0.4, -0.2) is 56.0 Å². The van der Waals surface area contributed by atoms with Crippen LogP contribution in [0.1, 0.15) is 38.3 Å². The topological polar surface area (TPSA) is 91.3 Å². The molecular weight excluding hydrogens is 531 g/mol. The Hall–Kier alpha value is -2.19. The van der Waals surface area contributed by atoms with Gasteiger partial charge in [0.05, 0.1) is 35.6 Å². The van der Waals surface area contributed by atoms with Crippen LogP contribution in [0.4, 0.5) is 0 Å². The van der Waals surface area contributed by atoms with E-state index in [4.69, 9.17) is 58.9 Å². The molecule has 0 radical (unpaired) electrons. The lowest BCUT2D eigenvalue weighted by Gasteiger charge is -2.27. The van der Waals surface area contributed by atoms with Gasteiger partial charge in [-0.15, -0.1) is 11.6 Å². The van der Waals surface area contributed by atoms with E-state index in [-0.39, 0.29) is 37.2 Å². The molecule has 0 saturated carbocycles. The Balaban J connectivity index is 2.13. The molecule has 0 fully saturated rings. The van der Waals surface area contributed by atoms with E-state index >= 15 is 0 Å². The number of carboxylic acids is 1. The second-order valence-electron chi connectivity index (χ2n) is 8.85. The number of alkyl halides is 1. The van der Waals surface area contributed by atoms with Crippen LogP contribution in [0, 0.1) is 5.92 Å². The van der Waals surface area contributed by atoms with Gasteiger partial charge in [-0.2, -0.15) is 0 Å². The SMILES string of the molecule is COC[C@H](COc1ccc(C(C)(C)c2cc(Cl)c(OC[C@H](CCl)OC(C)=O)c(Cl)c2)cc1)CC(=O)O. The van der Waals surface area contributed by atoms with E-state index in [1.165, 1.54) is 14.0 Å². The van der Waals surface area contributed by atoms with Gasteiger partial charge in [-0.3, -0.25) is 9.59 Å². The number of esters is 1. The van der Waals surface area contributed by atoms with Gasteiger partial charge in [-0.1, -0.05) is 49.2 Å². The third kappa shape index (κ3) is 8.73. The average Bonchev–Trinajstić information content (AvgIpc) is 2.81. The first-order valence-electron chi connectivity index (χ1n) is 11.3. The van der Waals surface area contributed by atoms with Crippen LogP contribution in [0.2, 0.25) is 10.0 Å². The summed E-state index contributed by atoms with van der Waals surface area (Å²) >= 11 is 18.8. The summed E-state index contributed by atoms with van der Waals surface area (Å²) < 4.78 is 21.7. The number of methoxy groups -OCH3 is 1. The number of carbonyl (C=O) groups excluding carboxylic acids is 1. The molecule has 0 aliphatic heterocycles. The summed E-state index contributed by atoms with van der Waals surface area (Å²) in [7, 11) is 1.53. The largest absolute Gasteiger partial charge is 0.493 e. The molecule has 0 aromatic heterocycles. The number of hydrogen-bond acceptors (Lipinski definition) is 6. The maximum atomic E-state index is 11.2. The summed E-state index contributed by atoms with van der Waals surface area (Å²) in [5.74, 6) is -0.604. The predicted molar refractivity (Wildman–Crippen MR) is 140 cm³/mol. The second kappa shape index (κ2) is 13.9. The first-order valence-corrected chi connectivity index (χ1v) is 12.6. The van der Waals surface area contributed by atoms with Crippen molar-refractivity contribution in [3.63, 3.8) is 0 Å². The lowest BCUT2D eigenvalue weighted by atomic mass is 9.78. The number of hydrogen-bond donors (Lipinski definition) is 1. The zero-order valence-corrected chi connectivity index (χ0v) is 23.0. The molecule has 0 spiro atoms. The van der Waals surface area contributed by atoms with Crippen molar-refractivity contribution in [3.05, 3.63) is 57.6 Å². The summed E-state index contributed by atoms with van der Waals surface area (Å²) in [6.45, 7) is 5.93. The quantitative estimate of drug-likeness (QED) is 0.224. The highest BCUT2D eigenvalue weighted by Crippen LogP contribution is 2.40. The fourth-order valence-corrected chi connectivity index (χ4v) is 4.33. The van der Waals surface area contributed by atoms with E-state index < -0.39 is 23.5 Å². The zero-order valence-electron chi connectivity index (χ0n) is 20.7. The molecule has 7 nitrogen and oxygen atoms in total. The van der Waals surface area contributed by atoms with Gasteiger partial charge >= 0.3 is 11.9 Å². The van der Waals surface area contributed by atoms with Crippen LogP contribution < -0.4 is 9.47 Å². The highest BCUT2D eigenvalue weighted by Gasteiger charge is 2.26. The Morgan fingerprint density at radius 2 is 1.58 bits per heavy atom. The number of carboxylic acid groups (broad SMARTS) is 1. The Bertz CT molecular complexity index is 1000. The van der Waals surface area contributed by atoms with Crippen molar-refractivity contribution >= 4 is 46.7 Å². The molecule has 0 bridgehead atoms. The summed E-state index contributed by atoms with van der Waals surface area (Å²) in [6.07, 6.45) is -0.654. The summed E-state index contributed by atoms with van der Waals surface area (Å²) in [5.41, 5.74) is 1.41. The molecule has 0 heterocycles. The average molecular weight is 562 g/mol. The van der Waals surface area contributed by atoms with Crippen molar-refractivity contribution in [2.45, 2.75) is 38.7 Å². The zero-order chi connectivity index (χ0) is 26.9. The minimum Gasteiger partial charge on any atom is -0.493 e. The molecule has 198 valence electrons. The second-order valence-corrected chi connectivity index (χ2v) is 9.97. The molecule has 0 aliphatic rings. The molecule has 0 unspecified atom stereocenters. The van der Waals surface area contributed by atoms with Gasteiger partial charge in [-0.05, 0) is 35.4 Å². The van der Waals surface area contributed by atoms with E-state index in [0.717, 1.165) is 11.1 Å². The highest BCUT2D eigenvalue weighted by atomic mass is 35.5. The van der Waals surface area contributed by atoms with Crippen LogP contribution in [-0.2, 0) is 24.5 Å². The smallest absolute Gasteiger partial charge is 0.303 e. The highest BCUT2D eigenvalue weighted by molar-refractivity contribution is 6.37. The van der Waals surface area contributed by atoms with Crippen molar-refractivity contribution in [2.75, 3.05) is 32.8 Å². The predicted octanol–water partition coefficient (Wildman–Crippen LogP) is 5.98. The van der Waals surface area contributed by atoms with Crippen LogP contribution in [0.3, 0.4) is 0 Å². The molecule has 1 N–H and O–H groups in total. The Labute approximate surface area is 226 Å². The molecule has 2 aromatic rings. The van der Waals surface area contributed by atoms with Gasteiger partial charge < -0.3 is 24.1 Å². The lowest BCUT2D eigenvalue weighted by Crippen LogP contribution is -2.26. The van der Waals surface area contributed by atoms with Gasteiger partial charge in [0.25, 0.3) is 0 Å². The third-order valence-electron chi connectivity index (χ3n) is 5.57. The monoisotopic (exact) mass is 560 g/mol. The van der Waals surface area contributed by atoms with E-state index in [0.29, 0.717) is 22.4 Å². The number of rotatable bonds is 14. The molecular formula is C26H31Cl3O7. The Kier molecular flexibility index (Phi) is 11.6. The fourth-order valence-electron chi connectivity index (χ4n) is 3.58. The molecule has 36 heavy (non-hydrogen) atoms. The first-order chi connectivity index (χ1) is 17.0. The standard InChI is InChI=1S/C26H31Cl3O7/c1-16(30)36-21(12-27)15-35-25-22(28)10-19(11-23(25)29)26(2,3)18-5-7-20(8-6-18)34-14-17(13-33-4)9-24(31)32/h5-8,10-11,17,21H,9,12-15H2,1-4H3,(H,31,32)/t17-,21+/m1/s1. The molecule has 0 amide bonds. The van der Waals surface area contributed by atoms with Crippen molar-refractivity contribution in [2.24, 2.45) is 5.92 Å². The van der Waals surface area contributed by atoms with Gasteiger partial charge in [0.2, 0.25) is 0 Å². The molecule has 0 aliphatic carbocycles.